The smallest absolute Gasteiger partial charge is 0.239 e. The molecule has 1 saturated carbocycles. The molecule has 8 rings (SSSR count). The van der Waals surface area contributed by atoms with Gasteiger partial charge in [0, 0.05) is 0 Å². The highest BCUT2D eigenvalue weighted by molar-refractivity contribution is 6.39. The topological polar surface area (TPSA) is 54.5 Å². The highest BCUT2D eigenvalue weighted by atomic mass is 16.2. The lowest BCUT2D eigenvalue weighted by molar-refractivity contribution is -0.130. The molecule has 2 amide bonds. The highest BCUT2D eigenvalue weighted by Gasteiger charge is 2.82. The number of anilines is 1. The van der Waals surface area contributed by atoms with Gasteiger partial charge in [0.25, 0.3) is 0 Å². The number of Topliss-reactive ketones (excluding diaryl/α,β-unsaturated/α-hetero) is 1. The van der Waals surface area contributed by atoms with Crippen LogP contribution in [0.4, 0.5) is 5.69 Å². The Hall–Kier alpha value is -5.35. The van der Waals surface area contributed by atoms with Crippen LogP contribution >= 0.6 is 0 Å². The molecule has 2 bridgehead atoms. The van der Waals surface area contributed by atoms with Crippen LogP contribution in [0.1, 0.15) is 22.3 Å². The van der Waals surface area contributed by atoms with Crippen LogP contribution in [0, 0.1) is 11.8 Å². The van der Waals surface area contributed by atoms with Crippen molar-refractivity contribution in [2.24, 2.45) is 11.8 Å². The molecule has 0 N–H and O–H groups in total. The molecule has 4 nitrogen and oxygen atoms in total. The first-order valence-electron chi connectivity index (χ1n) is 14.6. The Bertz CT molecular complexity index is 1800. The summed E-state index contributed by atoms with van der Waals surface area (Å²) in [5.74, 6) is -2.62. The van der Waals surface area contributed by atoms with E-state index in [0.29, 0.717) is 5.69 Å². The van der Waals surface area contributed by atoms with Crippen LogP contribution in [0.15, 0.2) is 152 Å². The summed E-state index contributed by atoms with van der Waals surface area (Å²) in [4.78, 5) is 46.8. The number of ketones is 1. The summed E-state index contributed by atoms with van der Waals surface area (Å²) >= 11 is 0. The van der Waals surface area contributed by atoms with Crippen LogP contribution in [0.3, 0.4) is 0 Å². The summed E-state index contributed by atoms with van der Waals surface area (Å²) in [6, 6.07) is 48.1. The average molecular weight is 558 g/mol. The molecule has 0 unspecified atom stereocenters. The second-order valence-electron chi connectivity index (χ2n) is 11.5. The van der Waals surface area contributed by atoms with E-state index in [9.17, 15) is 9.59 Å². The number of carbonyl (C=O) groups excluding carboxylic acids is 3. The number of rotatable bonds is 5. The van der Waals surface area contributed by atoms with Crippen LogP contribution in [0.5, 0.6) is 0 Å². The summed E-state index contributed by atoms with van der Waals surface area (Å²) in [7, 11) is 0. The number of carbonyl (C=O) groups is 3. The van der Waals surface area contributed by atoms with Crippen molar-refractivity contribution >= 4 is 34.4 Å². The minimum absolute atomic E-state index is 0.112. The summed E-state index contributed by atoms with van der Waals surface area (Å²) in [5.41, 5.74) is 2.56. The Kier molecular flexibility index (Phi) is 5.51. The summed E-state index contributed by atoms with van der Waals surface area (Å²) in [6.45, 7) is 0. The third kappa shape index (κ3) is 3.13. The molecule has 1 heterocycles. The summed E-state index contributed by atoms with van der Waals surface area (Å²) in [6.07, 6.45) is 0. The number of allylic oxidation sites excluding steroid dienone is 2. The van der Waals surface area contributed by atoms with Crippen molar-refractivity contribution < 1.29 is 14.4 Å². The van der Waals surface area contributed by atoms with E-state index in [4.69, 9.17) is 0 Å². The van der Waals surface area contributed by atoms with Gasteiger partial charge in [0.2, 0.25) is 11.8 Å². The van der Waals surface area contributed by atoms with Crippen molar-refractivity contribution in [1.82, 2.24) is 0 Å². The van der Waals surface area contributed by atoms with E-state index in [1.807, 2.05) is 140 Å². The zero-order valence-corrected chi connectivity index (χ0v) is 23.3. The van der Waals surface area contributed by atoms with Crippen molar-refractivity contribution in [2.75, 3.05) is 4.90 Å². The summed E-state index contributed by atoms with van der Waals surface area (Å²) in [5, 5.41) is 0. The largest absolute Gasteiger partial charge is 0.297 e. The van der Waals surface area contributed by atoms with Crippen molar-refractivity contribution in [3.63, 3.8) is 0 Å². The van der Waals surface area contributed by atoms with Crippen LogP contribution in [0.2, 0.25) is 0 Å². The second kappa shape index (κ2) is 9.33. The minimum Gasteiger partial charge on any atom is -0.297 e. The van der Waals surface area contributed by atoms with Crippen LogP contribution in [-0.4, -0.2) is 17.6 Å². The van der Waals surface area contributed by atoms with Crippen LogP contribution in [0.25, 0.3) is 11.1 Å². The zero-order chi connectivity index (χ0) is 29.2. The molecular formula is C39H27NO3. The molecule has 3 aliphatic rings. The first-order valence-corrected chi connectivity index (χ1v) is 14.6. The Balaban J connectivity index is 1.57. The Morgan fingerprint density at radius 1 is 0.419 bits per heavy atom. The van der Waals surface area contributed by atoms with Crippen molar-refractivity contribution in [3.8, 4) is 0 Å². The molecule has 0 radical (unpaired) electrons. The second-order valence-corrected chi connectivity index (χ2v) is 11.5. The average Bonchev–Trinajstić information content (AvgIpc) is 3.59. The Labute approximate surface area is 249 Å². The molecule has 43 heavy (non-hydrogen) atoms. The van der Waals surface area contributed by atoms with Gasteiger partial charge in [0.05, 0.1) is 28.4 Å². The quantitative estimate of drug-likeness (QED) is 0.222. The molecule has 2 fully saturated rings. The van der Waals surface area contributed by atoms with Gasteiger partial charge >= 0.3 is 0 Å². The molecule has 5 aromatic rings. The monoisotopic (exact) mass is 557 g/mol. The molecule has 1 aliphatic heterocycles. The summed E-state index contributed by atoms with van der Waals surface area (Å²) < 4.78 is 0. The van der Waals surface area contributed by atoms with Gasteiger partial charge in [0.1, 0.15) is 0 Å². The van der Waals surface area contributed by atoms with E-state index in [-0.39, 0.29) is 17.6 Å². The number of hydrogen-bond acceptors (Lipinski definition) is 3. The Morgan fingerprint density at radius 3 is 1.12 bits per heavy atom. The van der Waals surface area contributed by atoms with E-state index >= 15 is 4.79 Å². The number of fused-ring (bicyclic) bond motifs is 5. The van der Waals surface area contributed by atoms with Crippen LogP contribution < -0.4 is 4.90 Å². The number of para-hydroxylation sites is 1. The molecular weight excluding hydrogens is 530 g/mol. The van der Waals surface area contributed by atoms with Crippen molar-refractivity contribution in [1.29, 1.82) is 0 Å². The Morgan fingerprint density at radius 2 is 0.744 bits per heavy atom. The number of benzene rings is 5. The minimum atomic E-state index is -1.38. The van der Waals surface area contributed by atoms with Gasteiger partial charge in [0.15, 0.2) is 5.78 Å². The van der Waals surface area contributed by atoms with Gasteiger partial charge in [-0.15, -0.1) is 0 Å². The predicted molar refractivity (Wildman–Crippen MR) is 167 cm³/mol. The van der Waals surface area contributed by atoms with Gasteiger partial charge in [-0.1, -0.05) is 140 Å². The lowest BCUT2D eigenvalue weighted by Gasteiger charge is -2.39. The molecule has 2 aliphatic carbocycles. The zero-order valence-electron chi connectivity index (χ0n) is 23.3. The van der Waals surface area contributed by atoms with Gasteiger partial charge < -0.3 is 0 Å². The lowest BCUT2D eigenvalue weighted by atomic mass is 9.59. The van der Waals surface area contributed by atoms with E-state index in [2.05, 4.69) is 0 Å². The number of hydrogen-bond donors (Lipinski definition) is 0. The normalized spacial score (nSPS) is 25.9. The SMILES string of the molecule is O=C1[C@H]2[C@H](C(=O)N1c1ccccc1)[C@]1(c3ccccc3)C(=O)[C@@]2(c2ccccc2)C(c2ccccc2)=C1c1ccccc1. The van der Waals surface area contributed by atoms with E-state index in [1.54, 1.807) is 12.1 Å². The molecule has 0 aromatic heterocycles. The fourth-order valence-corrected chi connectivity index (χ4v) is 8.17. The van der Waals surface area contributed by atoms with E-state index in [0.717, 1.165) is 33.4 Å². The molecule has 0 spiro atoms. The molecule has 4 atom stereocenters. The molecule has 5 aromatic carbocycles. The third-order valence-corrected chi connectivity index (χ3v) is 9.59. The molecule has 1 saturated heterocycles. The maximum Gasteiger partial charge on any atom is 0.239 e. The molecule has 4 heteroatoms. The standard InChI is InChI=1S/C39H27NO3/c41-35-33-34(36(42)40(35)30-24-14-5-15-25-30)39(29-22-12-4-13-23-29)32(27-18-8-2-9-19-27)31(26-16-6-1-7-17-26)38(33,37(39)43)28-20-10-3-11-21-28/h1-25,33-34H/t33-,34-,38-,39+/m1/s1. The van der Waals surface area contributed by atoms with Gasteiger partial charge in [-0.25, -0.2) is 4.90 Å². The number of amides is 2. The highest BCUT2D eigenvalue weighted by Crippen LogP contribution is 2.74. The maximum atomic E-state index is 15.8. The number of imide groups is 1. The first-order chi connectivity index (χ1) is 21.1. The van der Waals surface area contributed by atoms with Gasteiger partial charge in [-0.3, -0.25) is 14.4 Å². The van der Waals surface area contributed by atoms with Crippen LogP contribution in [-0.2, 0) is 25.2 Å². The number of nitrogens with zero attached hydrogens (tertiary/aromatic N) is 1. The fourth-order valence-electron chi connectivity index (χ4n) is 8.17. The van der Waals surface area contributed by atoms with Crippen molar-refractivity contribution in [3.05, 3.63) is 174 Å². The van der Waals surface area contributed by atoms with E-state index in [1.165, 1.54) is 4.90 Å². The van der Waals surface area contributed by atoms with Crippen molar-refractivity contribution in [2.45, 2.75) is 10.8 Å². The third-order valence-electron chi connectivity index (χ3n) is 9.59. The predicted octanol–water partition coefficient (Wildman–Crippen LogP) is 6.88. The lowest BCUT2D eigenvalue weighted by Crippen LogP contribution is -2.45. The first kappa shape index (κ1) is 25.4. The fraction of sp³-hybridized carbons (Fsp3) is 0.103. The van der Waals surface area contributed by atoms with Gasteiger partial charge in [-0.05, 0) is 45.5 Å². The van der Waals surface area contributed by atoms with Gasteiger partial charge in [-0.2, -0.15) is 0 Å². The maximum absolute atomic E-state index is 15.8. The molecule has 206 valence electrons. The van der Waals surface area contributed by atoms with E-state index < -0.39 is 22.7 Å².